The molecule has 0 aliphatic carbocycles. The molecule has 0 radical (unpaired) electrons. The van der Waals surface area contributed by atoms with Crippen LogP contribution in [-0.2, 0) is 10.3 Å². The Morgan fingerprint density at radius 3 is 2.57 bits per heavy atom. The van der Waals surface area contributed by atoms with Crippen LogP contribution >= 0.6 is 0 Å². The van der Waals surface area contributed by atoms with Gasteiger partial charge in [-0.25, -0.2) is 9.18 Å². The van der Waals surface area contributed by atoms with Crippen molar-refractivity contribution in [1.82, 2.24) is 10.2 Å². The van der Waals surface area contributed by atoms with E-state index in [1.54, 1.807) is 13.0 Å². The molecule has 0 saturated carbocycles. The van der Waals surface area contributed by atoms with Gasteiger partial charge in [-0.2, -0.15) is 0 Å². The normalized spacial score (nSPS) is 18.9. The summed E-state index contributed by atoms with van der Waals surface area (Å²) in [5.74, 6) is -0.621. The third-order valence-electron chi connectivity index (χ3n) is 4.66. The molecule has 1 atom stereocenters. The van der Waals surface area contributed by atoms with Gasteiger partial charge in [-0.05, 0) is 30.2 Å². The van der Waals surface area contributed by atoms with Crippen LogP contribution in [-0.4, -0.2) is 34.9 Å². The SMILES string of the molecule is CC[C@]1(c2ccc(F)cc2)NC(=O)N(CCOc2cccc([N+](=O)[O-])c2)C1=O. The van der Waals surface area contributed by atoms with Crippen molar-refractivity contribution < 1.29 is 23.6 Å². The number of urea groups is 1. The quantitative estimate of drug-likeness (QED) is 0.447. The number of nitro groups is 1. The van der Waals surface area contributed by atoms with Gasteiger partial charge in [0, 0.05) is 6.07 Å². The number of carbonyl (C=O) groups is 2. The lowest BCUT2D eigenvalue weighted by molar-refractivity contribution is -0.384. The van der Waals surface area contributed by atoms with Gasteiger partial charge in [-0.1, -0.05) is 25.1 Å². The summed E-state index contributed by atoms with van der Waals surface area (Å²) in [6.45, 7) is 1.70. The van der Waals surface area contributed by atoms with E-state index in [4.69, 9.17) is 4.74 Å². The summed E-state index contributed by atoms with van der Waals surface area (Å²) in [5, 5.41) is 13.5. The van der Waals surface area contributed by atoms with Gasteiger partial charge in [0.1, 0.15) is 23.7 Å². The molecule has 1 aliphatic heterocycles. The van der Waals surface area contributed by atoms with Crippen LogP contribution < -0.4 is 10.1 Å². The first-order chi connectivity index (χ1) is 13.4. The number of rotatable bonds is 7. The number of hydrogen-bond acceptors (Lipinski definition) is 5. The zero-order chi connectivity index (χ0) is 20.3. The van der Waals surface area contributed by atoms with E-state index in [-0.39, 0.29) is 24.6 Å². The maximum Gasteiger partial charge on any atom is 0.325 e. The molecule has 1 N–H and O–H groups in total. The third-order valence-corrected chi connectivity index (χ3v) is 4.66. The zero-order valence-electron chi connectivity index (χ0n) is 15.1. The average Bonchev–Trinajstić information content (AvgIpc) is 2.94. The van der Waals surface area contributed by atoms with E-state index >= 15 is 0 Å². The average molecular weight is 387 g/mol. The second-order valence-electron chi connectivity index (χ2n) is 6.26. The molecule has 9 heteroatoms. The summed E-state index contributed by atoms with van der Waals surface area (Å²) in [6.07, 6.45) is 0.297. The van der Waals surface area contributed by atoms with Crippen molar-refractivity contribution in [2.75, 3.05) is 13.2 Å². The van der Waals surface area contributed by atoms with Gasteiger partial charge in [-0.15, -0.1) is 0 Å². The highest BCUT2D eigenvalue weighted by Gasteiger charge is 2.51. The van der Waals surface area contributed by atoms with Gasteiger partial charge in [0.2, 0.25) is 0 Å². The van der Waals surface area contributed by atoms with Gasteiger partial charge >= 0.3 is 6.03 Å². The van der Waals surface area contributed by atoms with E-state index < -0.39 is 28.2 Å². The van der Waals surface area contributed by atoms with Crippen LogP contribution in [0.4, 0.5) is 14.9 Å². The minimum atomic E-state index is -1.25. The number of halogens is 1. The van der Waals surface area contributed by atoms with Gasteiger partial charge in [0.05, 0.1) is 17.5 Å². The largest absolute Gasteiger partial charge is 0.491 e. The highest BCUT2D eigenvalue weighted by Crippen LogP contribution is 2.32. The maximum atomic E-state index is 13.2. The number of nitrogens with one attached hydrogen (secondary N) is 1. The van der Waals surface area contributed by atoms with Crippen molar-refractivity contribution in [2.45, 2.75) is 18.9 Å². The molecule has 0 bridgehead atoms. The molecule has 2 aromatic rings. The number of nitro benzene ring substituents is 1. The molecular formula is C19H18FN3O5. The van der Waals surface area contributed by atoms with E-state index in [9.17, 15) is 24.1 Å². The molecule has 3 rings (SSSR count). The molecule has 8 nitrogen and oxygen atoms in total. The van der Waals surface area contributed by atoms with Crippen LogP contribution in [0.2, 0.25) is 0 Å². The second-order valence-corrected chi connectivity index (χ2v) is 6.26. The molecule has 0 spiro atoms. The first-order valence-electron chi connectivity index (χ1n) is 8.65. The van der Waals surface area contributed by atoms with Crippen molar-refractivity contribution in [3.8, 4) is 5.75 Å². The lowest BCUT2D eigenvalue weighted by atomic mass is 9.87. The Labute approximate surface area is 160 Å². The Balaban J connectivity index is 1.70. The fourth-order valence-corrected chi connectivity index (χ4v) is 3.14. The van der Waals surface area contributed by atoms with Crippen molar-refractivity contribution in [3.63, 3.8) is 0 Å². The van der Waals surface area contributed by atoms with Crippen LogP contribution in [0, 0.1) is 15.9 Å². The monoisotopic (exact) mass is 387 g/mol. The van der Waals surface area contributed by atoms with Gasteiger partial charge in [0.25, 0.3) is 11.6 Å². The fraction of sp³-hybridized carbons (Fsp3) is 0.263. The number of nitrogens with zero attached hydrogens (tertiary/aromatic N) is 2. The Morgan fingerprint density at radius 1 is 1.21 bits per heavy atom. The topological polar surface area (TPSA) is 102 Å². The summed E-state index contributed by atoms with van der Waals surface area (Å²) in [7, 11) is 0. The molecule has 28 heavy (non-hydrogen) atoms. The summed E-state index contributed by atoms with van der Waals surface area (Å²) in [6, 6.07) is 10.5. The number of carbonyl (C=O) groups excluding carboxylic acids is 2. The van der Waals surface area contributed by atoms with Crippen LogP contribution in [0.5, 0.6) is 5.75 Å². The Morgan fingerprint density at radius 2 is 1.93 bits per heavy atom. The van der Waals surface area contributed by atoms with E-state index in [0.29, 0.717) is 12.0 Å². The van der Waals surface area contributed by atoms with Crippen LogP contribution in [0.25, 0.3) is 0 Å². The van der Waals surface area contributed by atoms with Crippen molar-refractivity contribution in [3.05, 3.63) is 70.0 Å². The van der Waals surface area contributed by atoms with Gasteiger partial charge in [-0.3, -0.25) is 19.8 Å². The molecule has 0 unspecified atom stereocenters. The number of amides is 3. The summed E-state index contributed by atoms with van der Waals surface area (Å²) >= 11 is 0. The summed E-state index contributed by atoms with van der Waals surface area (Å²) < 4.78 is 18.7. The first-order valence-corrected chi connectivity index (χ1v) is 8.65. The number of imide groups is 1. The first kappa shape index (κ1) is 19.3. The molecule has 2 aromatic carbocycles. The smallest absolute Gasteiger partial charge is 0.325 e. The molecule has 1 aliphatic rings. The lowest BCUT2D eigenvalue weighted by Gasteiger charge is -2.25. The predicted molar refractivity (Wildman–Crippen MR) is 97.2 cm³/mol. The van der Waals surface area contributed by atoms with E-state index in [0.717, 1.165) is 4.90 Å². The highest BCUT2D eigenvalue weighted by molar-refractivity contribution is 6.07. The highest BCUT2D eigenvalue weighted by atomic mass is 19.1. The van der Waals surface area contributed by atoms with Crippen LogP contribution in [0.15, 0.2) is 48.5 Å². The number of benzene rings is 2. The van der Waals surface area contributed by atoms with E-state index in [2.05, 4.69) is 5.32 Å². The molecule has 1 saturated heterocycles. The molecule has 146 valence electrons. The zero-order valence-corrected chi connectivity index (χ0v) is 15.1. The number of hydrogen-bond donors (Lipinski definition) is 1. The maximum absolute atomic E-state index is 13.2. The molecule has 0 aromatic heterocycles. The summed E-state index contributed by atoms with van der Waals surface area (Å²) in [5.41, 5.74) is -0.873. The third kappa shape index (κ3) is 3.51. The Bertz CT molecular complexity index is 918. The Kier molecular flexibility index (Phi) is 5.25. The second kappa shape index (κ2) is 7.63. The Hall–Kier alpha value is -3.49. The van der Waals surface area contributed by atoms with Gasteiger partial charge < -0.3 is 10.1 Å². The minimum Gasteiger partial charge on any atom is -0.491 e. The van der Waals surface area contributed by atoms with Crippen LogP contribution in [0.3, 0.4) is 0 Å². The van der Waals surface area contributed by atoms with Crippen molar-refractivity contribution in [2.24, 2.45) is 0 Å². The van der Waals surface area contributed by atoms with Crippen LogP contribution in [0.1, 0.15) is 18.9 Å². The van der Waals surface area contributed by atoms with Crippen molar-refractivity contribution in [1.29, 1.82) is 0 Å². The number of ether oxygens (including phenoxy) is 1. The minimum absolute atomic E-state index is 0.0243. The number of non-ortho nitro benzene ring substituents is 1. The standard InChI is InChI=1S/C19H18FN3O5/c1-2-19(13-6-8-14(20)9-7-13)17(24)22(18(25)21-19)10-11-28-16-5-3-4-15(12-16)23(26)27/h3-9,12H,2,10-11H2,1H3,(H,21,25)/t19-/m1/s1. The van der Waals surface area contributed by atoms with E-state index in [1.807, 2.05) is 0 Å². The van der Waals surface area contributed by atoms with E-state index in [1.165, 1.54) is 42.5 Å². The fourth-order valence-electron chi connectivity index (χ4n) is 3.14. The van der Waals surface area contributed by atoms with Gasteiger partial charge in [0.15, 0.2) is 0 Å². The lowest BCUT2D eigenvalue weighted by Crippen LogP contribution is -2.43. The van der Waals surface area contributed by atoms with Crippen molar-refractivity contribution >= 4 is 17.6 Å². The summed E-state index contributed by atoms with van der Waals surface area (Å²) in [4.78, 5) is 36.6. The predicted octanol–water partition coefficient (Wildman–Crippen LogP) is 2.97. The molecule has 1 fully saturated rings. The molecular weight excluding hydrogens is 369 g/mol. The molecule has 3 amide bonds. The molecule has 1 heterocycles.